The molecule has 28 heavy (non-hydrogen) atoms. The Kier molecular flexibility index (Phi) is 5.84. The maximum absolute atomic E-state index is 12.6. The van der Waals surface area contributed by atoms with Crippen molar-refractivity contribution in [1.29, 1.82) is 0 Å². The van der Waals surface area contributed by atoms with Crippen molar-refractivity contribution in [3.63, 3.8) is 0 Å². The van der Waals surface area contributed by atoms with Crippen LogP contribution in [0.1, 0.15) is 70.6 Å². The monoisotopic (exact) mass is 388 g/mol. The highest BCUT2D eigenvalue weighted by atomic mass is 16.5. The lowest BCUT2D eigenvalue weighted by molar-refractivity contribution is -0.145. The minimum Gasteiger partial charge on any atom is -0.507 e. The Balaban J connectivity index is 2.08. The van der Waals surface area contributed by atoms with Crippen LogP contribution in [0.3, 0.4) is 0 Å². The van der Waals surface area contributed by atoms with Gasteiger partial charge in [0, 0.05) is 17.2 Å². The van der Waals surface area contributed by atoms with E-state index >= 15 is 0 Å². The van der Waals surface area contributed by atoms with Crippen molar-refractivity contribution in [2.75, 3.05) is 14.2 Å². The summed E-state index contributed by atoms with van der Waals surface area (Å²) in [7, 11) is 2.64. The summed E-state index contributed by atoms with van der Waals surface area (Å²) in [6.45, 7) is 2.04. The molecule has 2 atom stereocenters. The summed E-state index contributed by atoms with van der Waals surface area (Å²) in [5.41, 5.74) is 1.34. The standard InChI is InChI=1S/C21H24O7/c1-4-5-6-15-18-11(7-12(28-15)9-17(23)27-3)8-13-19(21(18)25)14(22)10-16(26-2)20(13)24/h8,10,12,15,25H,4-7,9H2,1-3H3/t12-,15+/m1/s1. The Morgan fingerprint density at radius 3 is 2.71 bits per heavy atom. The lowest BCUT2D eigenvalue weighted by Crippen LogP contribution is -2.30. The molecular weight excluding hydrogens is 364 g/mol. The first-order valence-corrected chi connectivity index (χ1v) is 9.36. The van der Waals surface area contributed by atoms with Crippen molar-refractivity contribution in [2.45, 2.75) is 51.2 Å². The fourth-order valence-corrected chi connectivity index (χ4v) is 3.82. The predicted molar refractivity (Wildman–Crippen MR) is 99.3 cm³/mol. The lowest BCUT2D eigenvalue weighted by Gasteiger charge is -2.34. The quantitative estimate of drug-likeness (QED) is 0.748. The Bertz CT molecular complexity index is 853. The van der Waals surface area contributed by atoms with Crippen LogP contribution in [-0.4, -0.2) is 43.0 Å². The number of unbranched alkanes of at least 4 members (excludes halogenated alkanes) is 1. The summed E-state index contributed by atoms with van der Waals surface area (Å²) in [5, 5.41) is 10.9. The molecule has 0 radical (unpaired) electrons. The van der Waals surface area contributed by atoms with Gasteiger partial charge >= 0.3 is 5.97 Å². The van der Waals surface area contributed by atoms with E-state index in [-0.39, 0.29) is 35.0 Å². The molecule has 150 valence electrons. The number of Topliss-reactive ketones (excluding diaryl/α,β-unsaturated/α-hetero) is 1. The van der Waals surface area contributed by atoms with Crippen molar-refractivity contribution in [1.82, 2.24) is 0 Å². The van der Waals surface area contributed by atoms with Gasteiger partial charge in [-0.05, 0) is 24.5 Å². The van der Waals surface area contributed by atoms with Crippen LogP contribution in [0.5, 0.6) is 5.75 Å². The van der Waals surface area contributed by atoms with Crippen molar-refractivity contribution in [2.24, 2.45) is 0 Å². The number of ether oxygens (including phenoxy) is 3. The molecule has 0 unspecified atom stereocenters. The first-order chi connectivity index (χ1) is 13.4. The van der Waals surface area contributed by atoms with Gasteiger partial charge in [0.2, 0.25) is 5.78 Å². The van der Waals surface area contributed by atoms with E-state index in [0.717, 1.165) is 18.9 Å². The molecule has 0 saturated carbocycles. The number of allylic oxidation sites excluding steroid dienone is 2. The molecule has 2 aliphatic rings. The highest BCUT2D eigenvalue weighted by molar-refractivity contribution is 6.25. The van der Waals surface area contributed by atoms with Crippen molar-refractivity contribution in [3.05, 3.63) is 40.2 Å². The molecule has 0 amide bonds. The Labute approximate surface area is 163 Å². The minimum absolute atomic E-state index is 0.0129. The van der Waals surface area contributed by atoms with Gasteiger partial charge in [0.1, 0.15) is 5.75 Å². The number of phenols is 1. The zero-order chi connectivity index (χ0) is 20.4. The predicted octanol–water partition coefficient (Wildman–Crippen LogP) is 3.04. The van der Waals surface area contributed by atoms with Crippen molar-refractivity contribution in [3.8, 4) is 5.75 Å². The molecule has 0 bridgehead atoms. The Morgan fingerprint density at radius 2 is 2.07 bits per heavy atom. The molecule has 7 heteroatoms. The van der Waals surface area contributed by atoms with Crippen LogP contribution in [0.2, 0.25) is 0 Å². The highest BCUT2D eigenvalue weighted by Crippen LogP contribution is 2.44. The van der Waals surface area contributed by atoms with Crippen LogP contribution in [0, 0.1) is 0 Å². The molecule has 1 aromatic carbocycles. The number of hydrogen-bond acceptors (Lipinski definition) is 7. The van der Waals surface area contributed by atoms with Gasteiger partial charge < -0.3 is 19.3 Å². The molecule has 0 saturated heterocycles. The molecule has 1 aromatic rings. The van der Waals surface area contributed by atoms with Crippen LogP contribution in [0.4, 0.5) is 0 Å². The Morgan fingerprint density at radius 1 is 1.32 bits per heavy atom. The highest BCUT2D eigenvalue weighted by Gasteiger charge is 2.37. The second-order valence-electron chi connectivity index (χ2n) is 7.00. The number of ketones is 2. The number of benzene rings is 1. The van der Waals surface area contributed by atoms with E-state index in [2.05, 4.69) is 0 Å². The van der Waals surface area contributed by atoms with Gasteiger partial charge in [0.05, 0.1) is 38.4 Å². The van der Waals surface area contributed by atoms with E-state index in [1.54, 1.807) is 6.07 Å². The maximum atomic E-state index is 12.6. The van der Waals surface area contributed by atoms with Gasteiger partial charge in [-0.15, -0.1) is 0 Å². The van der Waals surface area contributed by atoms with Crippen LogP contribution >= 0.6 is 0 Å². The first kappa shape index (κ1) is 20.1. The molecule has 1 N–H and O–H groups in total. The van der Waals surface area contributed by atoms with Gasteiger partial charge in [-0.1, -0.05) is 19.8 Å². The van der Waals surface area contributed by atoms with Crippen LogP contribution in [0.25, 0.3) is 0 Å². The molecule has 1 aliphatic heterocycles. The average Bonchev–Trinajstić information content (AvgIpc) is 2.68. The second-order valence-corrected chi connectivity index (χ2v) is 7.00. The average molecular weight is 388 g/mol. The number of aromatic hydroxyl groups is 1. The molecule has 7 nitrogen and oxygen atoms in total. The summed E-state index contributed by atoms with van der Waals surface area (Å²) >= 11 is 0. The fraction of sp³-hybridized carbons (Fsp3) is 0.476. The minimum atomic E-state index is -0.474. The first-order valence-electron chi connectivity index (χ1n) is 9.36. The van der Waals surface area contributed by atoms with Gasteiger partial charge in [0.25, 0.3) is 0 Å². The van der Waals surface area contributed by atoms with Crippen LogP contribution in [0.15, 0.2) is 17.9 Å². The number of carbonyl (C=O) groups is 3. The summed E-state index contributed by atoms with van der Waals surface area (Å²) in [6.07, 6.45) is 3.04. The van der Waals surface area contributed by atoms with Crippen molar-refractivity contribution >= 4 is 17.5 Å². The SMILES string of the molecule is CCCC[C@@H]1O[C@@H](CC(=O)OC)Cc2cc3c(c(O)c21)C(=O)C=C(OC)C3=O. The summed E-state index contributed by atoms with van der Waals surface area (Å²) in [4.78, 5) is 36.8. The summed E-state index contributed by atoms with van der Waals surface area (Å²) in [5.74, 6) is -1.58. The number of phenolic OH excluding ortho intramolecular Hbond substituents is 1. The van der Waals surface area contributed by atoms with E-state index < -0.39 is 23.8 Å². The number of hydrogen-bond donors (Lipinski definition) is 1. The lowest BCUT2D eigenvalue weighted by atomic mass is 9.82. The van der Waals surface area contributed by atoms with E-state index in [1.807, 2.05) is 6.92 Å². The summed E-state index contributed by atoms with van der Waals surface area (Å²) in [6, 6.07) is 1.63. The van der Waals surface area contributed by atoms with E-state index in [4.69, 9.17) is 14.2 Å². The Hall–Kier alpha value is -2.67. The van der Waals surface area contributed by atoms with Gasteiger partial charge in [-0.25, -0.2) is 0 Å². The molecule has 0 aromatic heterocycles. The van der Waals surface area contributed by atoms with Gasteiger partial charge in [-0.2, -0.15) is 0 Å². The zero-order valence-electron chi connectivity index (χ0n) is 16.2. The normalized spacial score (nSPS) is 20.9. The number of fused-ring (bicyclic) bond motifs is 2. The fourth-order valence-electron chi connectivity index (χ4n) is 3.82. The van der Waals surface area contributed by atoms with Gasteiger partial charge in [0.15, 0.2) is 11.5 Å². The van der Waals surface area contributed by atoms with Crippen LogP contribution in [-0.2, 0) is 25.4 Å². The smallest absolute Gasteiger partial charge is 0.308 e. The van der Waals surface area contributed by atoms with E-state index in [1.165, 1.54) is 14.2 Å². The number of carbonyl (C=O) groups excluding carboxylic acids is 3. The number of rotatable bonds is 6. The molecular formula is C21H24O7. The van der Waals surface area contributed by atoms with Crippen LogP contribution < -0.4 is 0 Å². The zero-order valence-corrected chi connectivity index (χ0v) is 16.2. The molecule has 1 aliphatic carbocycles. The van der Waals surface area contributed by atoms with E-state index in [0.29, 0.717) is 24.0 Å². The second kappa shape index (κ2) is 8.14. The number of esters is 1. The third-order valence-electron chi connectivity index (χ3n) is 5.19. The largest absolute Gasteiger partial charge is 0.507 e. The topological polar surface area (TPSA) is 99.1 Å². The summed E-state index contributed by atoms with van der Waals surface area (Å²) < 4.78 is 15.8. The van der Waals surface area contributed by atoms with Crippen molar-refractivity contribution < 1.29 is 33.7 Å². The molecule has 0 spiro atoms. The third-order valence-corrected chi connectivity index (χ3v) is 5.19. The third kappa shape index (κ3) is 3.54. The maximum Gasteiger partial charge on any atom is 0.308 e. The van der Waals surface area contributed by atoms with Gasteiger partial charge in [-0.3, -0.25) is 14.4 Å². The molecule has 1 heterocycles. The molecule has 3 rings (SSSR count). The molecule has 0 fully saturated rings. The van der Waals surface area contributed by atoms with E-state index in [9.17, 15) is 19.5 Å². The number of methoxy groups -OCH3 is 2.